The van der Waals surface area contributed by atoms with Gasteiger partial charge in [-0.3, -0.25) is 14.7 Å². The lowest BCUT2D eigenvalue weighted by Gasteiger charge is -2.16. The Bertz CT molecular complexity index is 1280. The van der Waals surface area contributed by atoms with Gasteiger partial charge in [0.25, 0.3) is 5.92 Å². The number of aromatic nitrogens is 1. The molecular weight excluding hydrogens is 475 g/mol. The minimum atomic E-state index is -2.98. The van der Waals surface area contributed by atoms with Crippen molar-refractivity contribution in [3.8, 4) is 17.2 Å². The third kappa shape index (κ3) is 3.51. The van der Waals surface area contributed by atoms with E-state index in [0.717, 1.165) is 23.7 Å². The van der Waals surface area contributed by atoms with E-state index in [1.807, 2.05) is 12.1 Å². The number of fused-ring (bicyclic) bond motifs is 1. The van der Waals surface area contributed by atoms with Crippen LogP contribution in [0.4, 0.5) is 23.7 Å². The first kappa shape index (κ1) is 22.8. The van der Waals surface area contributed by atoms with Crippen LogP contribution in [0.3, 0.4) is 0 Å². The molecule has 4 fully saturated rings. The summed E-state index contributed by atoms with van der Waals surface area (Å²) in [5.41, 5.74) is 1.41. The molecule has 0 spiro atoms. The Kier molecular flexibility index (Phi) is 5.02. The average Bonchev–Trinajstić information content (AvgIpc) is 3.48. The molecule has 2 aliphatic heterocycles. The summed E-state index contributed by atoms with van der Waals surface area (Å²) in [5.74, 6) is -5.21. The van der Waals surface area contributed by atoms with Gasteiger partial charge in [-0.2, -0.15) is 5.26 Å². The highest BCUT2D eigenvalue weighted by Crippen LogP contribution is 2.60. The summed E-state index contributed by atoms with van der Waals surface area (Å²) in [5, 5.41) is 15.4. The van der Waals surface area contributed by atoms with Crippen molar-refractivity contribution in [2.45, 2.75) is 23.9 Å². The van der Waals surface area contributed by atoms with Crippen molar-refractivity contribution in [1.29, 1.82) is 5.26 Å². The third-order valence-corrected chi connectivity index (χ3v) is 7.74. The van der Waals surface area contributed by atoms with Gasteiger partial charge in [0.05, 0.1) is 30.5 Å². The smallest absolute Gasteiger partial charge is 0.414 e. The average molecular weight is 497 g/mol. The van der Waals surface area contributed by atoms with Crippen LogP contribution in [0, 0.1) is 34.9 Å². The Labute approximate surface area is 204 Å². The number of ether oxygens (including phenoxy) is 1. The molecule has 2 amide bonds. The number of nitriles is 1. The summed E-state index contributed by atoms with van der Waals surface area (Å²) < 4.78 is 46.2. The number of alkyl halides is 2. The molecule has 2 saturated heterocycles. The van der Waals surface area contributed by atoms with E-state index in [1.54, 1.807) is 12.3 Å². The predicted octanol–water partition coefficient (Wildman–Crippen LogP) is 2.59. The molecule has 2 unspecified atom stereocenters. The van der Waals surface area contributed by atoms with Gasteiger partial charge < -0.3 is 15.4 Å². The van der Waals surface area contributed by atoms with Crippen molar-refractivity contribution in [3.05, 3.63) is 48.0 Å². The molecule has 5 atom stereocenters. The topological polar surface area (TPSA) is 107 Å². The first-order chi connectivity index (χ1) is 17.2. The quantitative estimate of drug-likeness (QED) is 0.636. The Morgan fingerprint density at radius 2 is 1.97 bits per heavy atom. The monoisotopic (exact) mass is 497 g/mol. The van der Waals surface area contributed by atoms with Gasteiger partial charge in [-0.05, 0) is 23.8 Å². The number of nitrogens with one attached hydrogen (secondary N) is 2. The summed E-state index contributed by atoms with van der Waals surface area (Å²) in [6, 6.07) is 10.5. The zero-order valence-electron chi connectivity index (χ0n) is 19.0. The molecule has 2 aliphatic carbocycles. The third-order valence-electron chi connectivity index (χ3n) is 7.74. The van der Waals surface area contributed by atoms with Gasteiger partial charge in [-0.25, -0.2) is 18.0 Å². The summed E-state index contributed by atoms with van der Waals surface area (Å²) in [4.78, 5) is 29.7. The lowest BCUT2D eigenvalue weighted by molar-refractivity contribution is -0.124. The molecule has 11 heteroatoms. The largest absolute Gasteiger partial charge is 0.442 e. The lowest BCUT2D eigenvalue weighted by atomic mass is 9.96. The van der Waals surface area contributed by atoms with E-state index >= 15 is 4.39 Å². The molecule has 0 bridgehead atoms. The second-order valence-electron chi connectivity index (χ2n) is 9.83. The number of hydrogen-bond acceptors (Lipinski definition) is 6. The SMILES string of the molecule is N#CC1(c2ccc(-c3ccc(N4C[C@H](CNC(=O)C5CC5(F)F)OC4=O)c(F)c3)cn2)[C@@H]2CNC[C@@H]21. The van der Waals surface area contributed by atoms with Crippen LogP contribution in [0.25, 0.3) is 11.1 Å². The number of benzene rings is 1. The van der Waals surface area contributed by atoms with Crippen LogP contribution in [-0.4, -0.2) is 55.2 Å². The molecule has 6 rings (SSSR count). The van der Waals surface area contributed by atoms with Crippen LogP contribution in [0.2, 0.25) is 0 Å². The molecule has 1 aromatic heterocycles. The predicted molar refractivity (Wildman–Crippen MR) is 120 cm³/mol. The molecule has 1 aromatic carbocycles. The maximum absolute atomic E-state index is 15.0. The molecule has 2 N–H and O–H groups in total. The Morgan fingerprint density at radius 3 is 2.58 bits per heavy atom. The second-order valence-corrected chi connectivity index (χ2v) is 9.83. The van der Waals surface area contributed by atoms with Crippen LogP contribution < -0.4 is 15.5 Å². The lowest BCUT2D eigenvalue weighted by Crippen LogP contribution is -2.36. The number of carbonyl (C=O) groups excluding carboxylic acids is 2. The number of carbonyl (C=O) groups is 2. The fourth-order valence-corrected chi connectivity index (χ4v) is 5.52. The number of anilines is 1. The zero-order valence-corrected chi connectivity index (χ0v) is 19.0. The van der Waals surface area contributed by atoms with Gasteiger partial charge in [0, 0.05) is 43.1 Å². The Balaban J connectivity index is 1.12. The summed E-state index contributed by atoms with van der Waals surface area (Å²) >= 11 is 0. The van der Waals surface area contributed by atoms with Gasteiger partial charge in [-0.1, -0.05) is 12.1 Å². The van der Waals surface area contributed by atoms with Crippen LogP contribution >= 0.6 is 0 Å². The van der Waals surface area contributed by atoms with E-state index in [4.69, 9.17) is 4.74 Å². The minimum absolute atomic E-state index is 0.0117. The number of hydrogen-bond donors (Lipinski definition) is 2. The van der Waals surface area contributed by atoms with Crippen molar-refractivity contribution in [2.75, 3.05) is 31.1 Å². The molecular formula is C25H22F3N5O3. The standard InChI is InChI=1S/C25H22F3N5O3/c26-19-5-13(14-2-4-21(31-7-14)24(12-29)17-9-30-10-18(17)24)1-3-20(19)33-11-15(36-23(33)35)8-32-22(34)16-6-25(16,27)28/h1-5,7,15-18,30H,6,8-11H2,(H,32,34)/t15-,16?,17-,18+,24?/m0/s1. The Hall–Kier alpha value is -3.65. The maximum Gasteiger partial charge on any atom is 0.414 e. The molecule has 3 heterocycles. The van der Waals surface area contributed by atoms with Crippen molar-refractivity contribution >= 4 is 17.7 Å². The van der Waals surface area contributed by atoms with Crippen LogP contribution in [0.1, 0.15) is 12.1 Å². The van der Waals surface area contributed by atoms with Gasteiger partial charge in [0.2, 0.25) is 5.91 Å². The van der Waals surface area contributed by atoms with Gasteiger partial charge >= 0.3 is 6.09 Å². The van der Waals surface area contributed by atoms with E-state index in [9.17, 15) is 23.6 Å². The number of piperidine rings is 1. The fourth-order valence-electron chi connectivity index (χ4n) is 5.52. The first-order valence-electron chi connectivity index (χ1n) is 11.8. The molecule has 36 heavy (non-hydrogen) atoms. The summed E-state index contributed by atoms with van der Waals surface area (Å²) in [6.07, 6.45) is -0.427. The number of amides is 2. The number of pyridine rings is 1. The van der Waals surface area contributed by atoms with Crippen molar-refractivity contribution in [2.24, 2.45) is 17.8 Å². The molecule has 186 valence electrons. The van der Waals surface area contributed by atoms with Gasteiger partial charge in [0.1, 0.15) is 23.3 Å². The van der Waals surface area contributed by atoms with Crippen molar-refractivity contribution in [1.82, 2.24) is 15.6 Å². The number of rotatable bonds is 6. The summed E-state index contributed by atoms with van der Waals surface area (Å²) in [7, 11) is 0. The molecule has 2 saturated carbocycles. The zero-order chi connectivity index (χ0) is 25.2. The maximum atomic E-state index is 15.0. The van der Waals surface area contributed by atoms with Gasteiger partial charge in [0.15, 0.2) is 0 Å². The number of nitrogens with zero attached hydrogens (tertiary/aromatic N) is 3. The van der Waals surface area contributed by atoms with Gasteiger partial charge in [-0.15, -0.1) is 0 Å². The summed E-state index contributed by atoms with van der Waals surface area (Å²) in [6.45, 7) is 1.45. The highest BCUT2D eigenvalue weighted by molar-refractivity contribution is 5.90. The van der Waals surface area contributed by atoms with E-state index < -0.39 is 47.6 Å². The first-order valence-corrected chi connectivity index (χ1v) is 11.8. The second kappa shape index (κ2) is 7.93. The van der Waals surface area contributed by atoms with E-state index in [2.05, 4.69) is 21.7 Å². The highest BCUT2D eigenvalue weighted by atomic mass is 19.3. The van der Waals surface area contributed by atoms with E-state index in [0.29, 0.717) is 11.1 Å². The molecule has 2 aromatic rings. The Morgan fingerprint density at radius 1 is 1.25 bits per heavy atom. The van der Waals surface area contributed by atoms with E-state index in [-0.39, 0.29) is 30.6 Å². The number of cyclic esters (lactones) is 1. The minimum Gasteiger partial charge on any atom is -0.442 e. The van der Waals surface area contributed by atoms with Crippen LogP contribution in [-0.2, 0) is 14.9 Å². The molecule has 8 nitrogen and oxygen atoms in total. The van der Waals surface area contributed by atoms with Crippen molar-refractivity contribution < 1.29 is 27.5 Å². The van der Waals surface area contributed by atoms with Crippen LogP contribution in [0.15, 0.2) is 36.5 Å². The number of halogens is 3. The fraction of sp³-hybridized carbons (Fsp3) is 0.440. The normalized spacial score (nSPS) is 31.4. The highest BCUT2D eigenvalue weighted by Gasteiger charge is 2.69. The van der Waals surface area contributed by atoms with Crippen molar-refractivity contribution in [3.63, 3.8) is 0 Å². The van der Waals surface area contributed by atoms with Crippen LogP contribution in [0.5, 0.6) is 0 Å². The van der Waals surface area contributed by atoms with E-state index in [1.165, 1.54) is 12.1 Å². The molecule has 4 aliphatic rings. The molecule has 0 radical (unpaired) electrons.